The zero-order valence-electron chi connectivity index (χ0n) is 7.41. The third-order valence-corrected chi connectivity index (χ3v) is 5.51. The predicted octanol–water partition coefficient (Wildman–Crippen LogP) is 2.02. The van der Waals surface area contributed by atoms with Crippen molar-refractivity contribution >= 4 is 18.4 Å². The molecule has 0 spiro atoms. The fourth-order valence-electron chi connectivity index (χ4n) is 0.919. The van der Waals surface area contributed by atoms with Crippen LogP contribution in [0.2, 0.25) is 19.6 Å². The molecule has 0 amide bonds. The largest absolute Gasteiger partial charge is 0.302 e. The van der Waals surface area contributed by atoms with Gasteiger partial charge in [-0.25, -0.2) is 10.2 Å². The van der Waals surface area contributed by atoms with E-state index < -0.39 is 18.4 Å². The summed E-state index contributed by atoms with van der Waals surface area (Å²) in [5.74, 6) is 0. The number of hydrogen-bond acceptors (Lipinski definition) is 1. The van der Waals surface area contributed by atoms with Crippen LogP contribution in [0.15, 0.2) is 0 Å². The van der Waals surface area contributed by atoms with Crippen molar-refractivity contribution in [1.29, 1.82) is 0 Å². The Morgan fingerprint density at radius 2 is 1.33 bits per heavy atom. The molecule has 0 aromatic heterocycles. The van der Waals surface area contributed by atoms with Crippen molar-refractivity contribution in [2.75, 3.05) is 18.8 Å². The van der Waals surface area contributed by atoms with Gasteiger partial charge < -0.3 is 4.39 Å². The summed E-state index contributed by atoms with van der Waals surface area (Å²) in [6, 6.07) is 0. The summed E-state index contributed by atoms with van der Waals surface area (Å²) < 4.78 is 3.68. The van der Waals surface area contributed by atoms with Crippen molar-refractivity contribution in [2.45, 2.75) is 19.6 Å². The minimum atomic E-state index is -1.01. The van der Waals surface area contributed by atoms with Crippen LogP contribution in [0.5, 0.6) is 0 Å². The van der Waals surface area contributed by atoms with Crippen molar-refractivity contribution in [3.8, 4) is 0 Å². The fraction of sp³-hybridized carbons (Fsp3) is 1.00. The van der Waals surface area contributed by atoms with Crippen molar-refractivity contribution in [3.63, 3.8) is 0 Å². The highest BCUT2D eigenvalue weighted by molar-refractivity contribution is 8.31. The fourth-order valence-corrected chi connectivity index (χ4v) is 8.27. The highest BCUT2D eigenvalue weighted by Gasteiger charge is 2.17. The van der Waals surface area contributed by atoms with Crippen LogP contribution in [0, 0.1) is 0 Å². The summed E-state index contributed by atoms with van der Waals surface area (Å²) >= 11 is 0. The molecule has 3 heteroatoms. The lowest BCUT2D eigenvalue weighted by molar-refractivity contribution is 1.42. The summed E-state index contributed by atoms with van der Waals surface area (Å²) in [5, 5.41) is 0. The molecule has 0 aliphatic heterocycles. The Kier molecular flexibility index (Phi) is 2.79. The van der Waals surface area contributed by atoms with Crippen LogP contribution in [0.4, 0.5) is 0 Å². The quantitative estimate of drug-likeness (QED) is 0.617. The van der Waals surface area contributed by atoms with Gasteiger partial charge in [0.15, 0.2) is 0 Å². The van der Waals surface area contributed by atoms with Crippen molar-refractivity contribution in [3.05, 3.63) is 0 Å². The molecule has 0 aromatic rings. The molecule has 1 N–H and O–H groups in total. The van der Waals surface area contributed by atoms with Crippen molar-refractivity contribution in [2.24, 2.45) is 0 Å². The average Bonchev–Trinajstić information content (AvgIpc) is 1.14. The molecule has 0 heterocycles. The number of nitrogens with one attached hydrogen (secondary N) is 1. The van der Waals surface area contributed by atoms with Gasteiger partial charge in [-0.15, -0.1) is 0 Å². The Balaban J connectivity index is 3.75. The molecular weight excluding hydrogens is 146 g/mol. The summed E-state index contributed by atoms with van der Waals surface area (Å²) in [5.41, 5.74) is 0. The minimum Gasteiger partial charge on any atom is -0.302 e. The van der Waals surface area contributed by atoms with Crippen LogP contribution in [0.1, 0.15) is 0 Å². The zero-order chi connectivity index (χ0) is 7.71. The molecule has 58 valence electrons. The summed E-state index contributed by atoms with van der Waals surface area (Å²) in [6.45, 7) is 7.02. The summed E-state index contributed by atoms with van der Waals surface area (Å²) in [6.07, 6.45) is 6.89. The smallest absolute Gasteiger partial charge is 0.125 e. The van der Waals surface area contributed by atoms with Crippen LogP contribution in [-0.4, -0.2) is 27.0 Å². The second kappa shape index (κ2) is 2.64. The van der Waals surface area contributed by atoms with E-state index in [9.17, 15) is 0 Å². The maximum atomic E-state index is 3.68. The maximum Gasteiger partial charge on any atom is 0.125 e. The zero-order valence-corrected chi connectivity index (χ0v) is 9.22. The molecular formula is C6H19NSSi. The number of hydrogen-bond donors (Lipinski definition) is 1. The van der Waals surface area contributed by atoms with Crippen LogP contribution < -0.4 is 4.39 Å². The van der Waals surface area contributed by atoms with E-state index in [1.165, 1.54) is 0 Å². The molecule has 0 rings (SSSR count). The van der Waals surface area contributed by atoms with Gasteiger partial charge in [-0.05, 0) is 18.8 Å². The van der Waals surface area contributed by atoms with E-state index in [1.807, 2.05) is 0 Å². The third-order valence-electron chi connectivity index (χ3n) is 0.612. The SMILES string of the molecule is C[Si](C)(C)NS(C)(C)C. The Morgan fingerprint density at radius 1 is 1.00 bits per heavy atom. The van der Waals surface area contributed by atoms with Gasteiger partial charge in [-0.1, -0.05) is 19.6 Å². The van der Waals surface area contributed by atoms with Crippen molar-refractivity contribution in [1.82, 2.24) is 4.39 Å². The van der Waals surface area contributed by atoms with Gasteiger partial charge in [0.25, 0.3) is 0 Å². The van der Waals surface area contributed by atoms with Gasteiger partial charge in [0.1, 0.15) is 8.24 Å². The van der Waals surface area contributed by atoms with Gasteiger partial charge in [0, 0.05) is 0 Å². The molecule has 0 saturated heterocycles. The van der Waals surface area contributed by atoms with E-state index in [-0.39, 0.29) is 0 Å². The van der Waals surface area contributed by atoms with Crippen LogP contribution in [-0.2, 0) is 0 Å². The molecule has 0 unspecified atom stereocenters. The van der Waals surface area contributed by atoms with Crippen LogP contribution >= 0.6 is 10.2 Å². The molecule has 0 fully saturated rings. The lowest BCUT2D eigenvalue weighted by atomic mass is 11.8. The van der Waals surface area contributed by atoms with Crippen LogP contribution in [0.25, 0.3) is 0 Å². The van der Waals surface area contributed by atoms with Gasteiger partial charge in [-0.2, -0.15) is 0 Å². The van der Waals surface area contributed by atoms with E-state index in [2.05, 4.69) is 42.8 Å². The predicted molar refractivity (Wildman–Crippen MR) is 51.8 cm³/mol. The first-order chi connectivity index (χ1) is 3.71. The maximum absolute atomic E-state index is 3.68. The number of rotatable bonds is 2. The van der Waals surface area contributed by atoms with Gasteiger partial charge in [0.05, 0.1) is 0 Å². The first-order valence-electron chi connectivity index (χ1n) is 3.18. The highest BCUT2D eigenvalue weighted by atomic mass is 32.3. The molecule has 1 nitrogen and oxygen atoms in total. The van der Waals surface area contributed by atoms with Gasteiger partial charge >= 0.3 is 0 Å². The van der Waals surface area contributed by atoms with E-state index >= 15 is 0 Å². The second-order valence-corrected chi connectivity index (χ2v) is 13.2. The Bertz CT molecular complexity index is 78.2. The average molecular weight is 165 g/mol. The third kappa shape index (κ3) is 8.53. The Hall–Kier alpha value is 0.527. The van der Waals surface area contributed by atoms with E-state index in [0.717, 1.165) is 0 Å². The first-order valence-corrected chi connectivity index (χ1v) is 9.54. The normalized spacial score (nSPS) is 15.8. The first kappa shape index (κ1) is 9.53. The van der Waals surface area contributed by atoms with E-state index in [1.54, 1.807) is 0 Å². The molecule has 0 bridgehead atoms. The topological polar surface area (TPSA) is 12.0 Å². The molecule has 0 aliphatic rings. The van der Waals surface area contributed by atoms with Gasteiger partial charge in [0.2, 0.25) is 0 Å². The van der Waals surface area contributed by atoms with Crippen LogP contribution in [0.3, 0.4) is 0 Å². The van der Waals surface area contributed by atoms with Gasteiger partial charge in [-0.3, -0.25) is 0 Å². The Morgan fingerprint density at radius 3 is 1.33 bits per heavy atom. The summed E-state index contributed by atoms with van der Waals surface area (Å²) in [4.78, 5) is 0. The molecule has 0 radical (unpaired) electrons. The summed E-state index contributed by atoms with van der Waals surface area (Å²) in [7, 11) is -1.48. The second-order valence-electron chi connectivity index (χ2n) is 4.19. The minimum absolute atomic E-state index is 0.470. The molecule has 0 aliphatic carbocycles. The van der Waals surface area contributed by atoms with E-state index in [4.69, 9.17) is 0 Å². The molecule has 0 atom stereocenters. The molecule has 9 heavy (non-hydrogen) atoms. The highest BCUT2D eigenvalue weighted by Crippen LogP contribution is 2.30. The standard InChI is InChI=1S/C6H19NSSi/c1-8(2,3)7-9(4,5)6/h7H,1-6H3. The Labute approximate surface area is 61.8 Å². The lowest BCUT2D eigenvalue weighted by Crippen LogP contribution is -2.41. The monoisotopic (exact) mass is 165 g/mol. The van der Waals surface area contributed by atoms with E-state index in [0.29, 0.717) is 0 Å². The van der Waals surface area contributed by atoms with Crippen molar-refractivity contribution < 1.29 is 0 Å². The molecule has 0 saturated carbocycles. The lowest BCUT2D eigenvalue weighted by Gasteiger charge is -2.34. The molecule has 0 aromatic carbocycles.